The molecular weight excluding hydrogens is 318 g/mol. The summed E-state index contributed by atoms with van der Waals surface area (Å²) in [6.07, 6.45) is 2.65. The molecule has 0 radical (unpaired) electrons. The van der Waals surface area contributed by atoms with Crippen molar-refractivity contribution in [1.82, 2.24) is 14.4 Å². The number of aromatic nitrogens is 3. The van der Waals surface area contributed by atoms with Crippen molar-refractivity contribution in [3.8, 4) is 0 Å². The van der Waals surface area contributed by atoms with E-state index in [9.17, 15) is 0 Å². The summed E-state index contributed by atoms with van der Waals surface area (Å²) in [6.45, 7) is 0.889. The Kier molecular flexibility index (Phi) is 3.42. The first-order chi connectivity index (χ1) is 11.9. The molecule has 0 bridgehead atoms. The maximum absolute atomic E-state index is 5.77. The van der Waals surface area contributed by atoms with Crippen molar-refractivity contribution in [1.29, 1.82) is 0 Å². The molecule has 2 aromatic heterocycles. The van der Waals surface area contributed by atoms with E-state index in [1.54, 1.807) is 11.8 Å². The molecule has 0 aliphatic carbocycles. The van der Waals surface area contributed by atoms with Crippen molar-refractivity contribution >= 4 is 39.3 Å². The summed E-state index contributed by atoms with van der Waals surface area (Å²) in [5.74, 6) is 0.937. The summed E-state index contributed by atoms with van der Waals surface area (Å²) in [7, 11) is 0. The first-order valence-electron chi connectivity index (χ1n) is 8.30. The second kappa shape index (κ2) is 5.76. The van der Waals surface area contributed by atoms with Gasteiger partial charge < -0.3 is 4.74 Å². The molecule has 4 aromatic rings. The minimum absolute atomic E-state index is 0.341. The lowest BCUT2D eigenvalue weighted by atomic mass is 10.2. The van der Waals surface area contributed by atoms with Crippen LogP contribution in [0.25, 0.3) is 27.6 Å². The van der Waals surface area contributed by atoms with Gasteiger partial charge in [-0.3, -0.25) is 4.40 Å². The van der Waals surface area contributed by atoms with E-state index < -0.39 is 0 Å². The van der Waals surface area contributed by atoms with Crippen LogP contribution in [0.15, 0.2) is 53.7 Å². The first-order valence-corrected chi connectivity index (χ1v) is 9.29. The summed E-state index contributed by atoms with van der Waals surface area (Å²) < 4.78 is 7.96. The third kappa shape index (κ3) is 2.27. The fraction of sp³-hybridized carbons (Fsp3) is 0.263. The van der Waals surface area contributed by atoms with Gasteiger partial charge in [0, 0.05) is 17.7 Å². The van der Waals surface area contributed by atoms with Crippen LogP contribution >= 0.6 is 11.8 Å². The zero-order valence-electron chi connectivity index (χ0n) is 13.2. The summed E-state index contributed by atoms with van der Waals surface area (Å²) in [6, 6.07) is 16.5. The molecule has 4 nitrogen and oxygen atoms in total. The Morgan fingerprint density at radius 3 is 2.75 bits per heavy atom. The van der Waals surface area contributed by atoms with Crippen molar-refractivity contribution in [2.24, 2.45) is 0 Å². The van der Waals surface area contributed by atoms with Gasteiger partial charge in [0.05, 0.1) is 22.7 Å². The minimum atomic E-state index is 0.341. The maximum atomic E-state index is 5.77. The number of para-hydroxylation sites is 3. The molecule has 24 heavy (non-hydrogen) atoms. The van der Waals surface area contributed by atoms with Crippen LogP contribution in [0.4, 0.5) is 0 Å². The van der Waals surface area contributed by atoms with Gasteiger partial charge in [0.25, 0.3) is 0 Å². The van der Waals surface area contributed by atoms with Crippen molar-refractivity contribution in [3.63, 3.8) is 0 Å². The van der Waals surface area contributed by atoms with E-state index in [1.807, 2.05) is 18.2 Å². The van der Waals surface area contributed by atoms with Crippen molar-refractivity contribution in [2.45, 2.75) is 24.1 Å². The summed E-state index contributed by atoms with van der Waals surface area (Å²) >= 11 is 1.77. The largest absolute Gasteiger partial charge is 0.377 e. The lowest BCUT2D eigenvalue weighted by Crippen LogP contribution is -2.09. The Morgan fingerprint density at radius 1 is 1.04 bits per heavy atom. The van der Waals surface area contributed by atoms with Crippen LogP contribution in [0.3, 0.4) is 0 Å². The molecular formula is C19H17N3OS. The Bertz CT molecular complexity index is 1040. The predicted molar refractivity (Wildman–Crippen MR) is 97.7 cm³/mol. The molecule has 1 fully saturated rings. The van der Waals surface area contributed by atoms with E-state index >= 15 is 0 Å². The SMILES string of the molecule is c1ccc2c(c1)nc(SCC1CCCO1)n1c3ccccc3nc21. The van der Waals surface area contributed by atoms with Crippen molar-refractivity contribution in [2.75, 3.05) is 12.4 Å². The minimum Gasteiger partial charge on any atom is -0.377 e. The molecule has 0 saturated carbocycles. The van der Waals surface area contributed by atoms with Crippen LogP contribution in [0.2, 0.25) is 0 Å². The van der Waals surface area contributed by atoms with Crippen LogP contribution in [0.1, 0.15) is 12.8 Å². The van der Waals surface area contributed by atoms with Gasteiger partial charge >= 0.3 is 0 Å². The fourth-order valence-electron chi connectivity index (χ4n) is 3.35. The zero-order chi connectivity index (χ0) is 15.9. The van der Waals surface area contributed by atoms with Crippen LogP contribution in [-0.2, 0) is 4.74 Å². The van der Waals surface area contributed by atoms with Gasteiger partial charge in [-0.1, -0.05) is 36.0 Å². The van der Waals surface area contributed by atoms with E-state index in [0.29, 0.717) is 6.10 Å². The molecule has 1 aliphatic heterocycles. The van der Waals surface area contributed by atoms with Gasteiger partial charge in [-0.05, 0) is 37.1 Å². The second-order valence-corrected chi connectivity index (χ2v) is 7.10. The van der Waals surface area contributed by atoms with Gasteiger partial charge in [0.2, 0.25) is 0 Å². The molecule has 3 heterocycles. The highest BCUT2D eigenvalue weighted by molar-refractivity contribution is 7.99. The number of hydrogen-bond donors (Lipinski definition) is 0. The topological polar surface area (TPSA) is 39.4 Å². The molecule has 1 aliphatic rings. The highest BCUT2D eigenvalue weighted by Crippen LogP contribution is 2.30. The number of imidazole rings is 1. The Morgan fingerprint density at radius 2 is 1.88 bits per heavy atom. The second-order valence-electron chi connectivity index (χ2n) is 6.12. The molecule has 120 valence electrons. The third-order valence-electron chi connectivity index (χ3n) is 4.54. The molecule has 0 N–H and O–H groups in total. The lowest BCUT2D eigenvalue weighted by Gasteiger charge is -2.11. The average Bonchev–Trinajstić information content (AvgIpc) is 3.27. The van der Waals surface area contributed by atoms with Gasteiger partial charge in [-0.15, -0.1) is 0 Å². The smallest absolute Gasteiger partial charge is 0.174 e. The van der Waals surface area contributed by atoms with E-state index in [0.717, 1.165) is 51.5 Å². The number of rotatable bonds is 3. The van der Waals surface area contributed by atoms with E-state index in [2.05, 4.69) is 34.7 Å². The normalized spacial score (nSPS) is 18.1. The number of benzene rings is 2. The highest BCUT2D eigenvalue weighted by Gasteiger charge is 2.19. The standard InChI is InChI=1S/C19H17N3OS/c1-2-8-15-14(7-1)18-20-16-9-3-4-10-17(16)22(18)19(21-15)24-12-13-6-5-11-23-13/h1-4,7-10,13H,5-6,11-12H2. The third-order valence-corrected chi connectivity index (χ3v) is 5.61. The molecule has 1 unspecified atom stereocenters. The Hall–Kier alpha value is -2.11. The molecule has 5 rings (SSSR count). The van der Waals surface area contributed by atoms with Crippen LogP contribution in [-0.4, -0.2) is 32.8 Å². The van der Waals surface area contributed by atoms with Crippen LogP contribution in [0.5, 0.6) is 0 Å². The quantitative estimate of drug-likeness (QED) is 0.413. The lowest BCUT2D eigenvalue weighted by molar-refractivity contribution is 0.129. The van der Waals surface area contributed by atoms with E-state index in [-0.39, 0.29) is 0 Å². The maximum Gasteiger partial charge on any atom is 0.174 e. The van der Waals surface area contributed by atoms with Gasteiger partial charge in [-0.25, -0.2) is 9.97 Å². The number of fused-ring (bicyclic) bond motifs is 5. The molecule has 5 heteroatoms. The molecule has 1 atom stereocenters. The summed E-state index contributed by atoms with van der Waals surface area (Å²) in [5.41, 5.74) is 4.10. The monoisotopic (exact) mass is 335 g/mol. The average molecular weight is 335 g/mol. The Balaban J connectivity index is 1.72. The van der Waals surface area contributed by atoms with Crippen molar-refractivity contribution < 1.29 is 4.74 Å². The van der Waals surface area contributed by atoms with Gasteiger partial charge in [-0.2, -0.15) is 0 Å². The molecule has 1 saturated heterocycles. The molecule has 2 aromatic carbocycles. The van der Waals surface area contributed by atoms with Crippen molar-refractivity contribution in [3.05, 3.63) is 48.5 Å². The highest BCUT2D eigenvalue weighted by atomic mass is 32.2. The summed E-state index contributed by atoms with van der Waals surface area (Å²) in [4.78, 5) is 9.78. The number of ether oxygens (including phenoxy) is 1. The fourth-order valence-corrected chi connectivity index (χ4v) is 4.43. The van der Waals surface area contributed by atoms with Gasteiger partial charge in [0.1, 0.15) is 5.65 Å². The molecule has 0 spiro atoms. The van der Waals surface area contributed by atoms with E-state index in [4.69, 9.17) is 14.7 Å². The van der Waals surface area contributed by atoms with Gasteiger partial charge in [0.15, 0.2) is 5.16 Å². The molecule has 0 amide bonds. The number of hydrogen-bond acceptors (Lipinski definition) is 4. The first kappa shape index (κ1) is 14.3. The Labute approximate surface area is 143 Å². The van der Waals surface area contributed by atoms with Crippen LogP contribution in [0, 0.1) is 0 Å². The predicted octanol–water partition coefficient (Wildman–Crippen LogP) is 4.31. The van der Waals surface area contributed by atoms with E-state index in [1.165, 1.54) is 6.42 Å². The summed E-state index contributed by atoms with van der Waals surface area (Å²) in [5, 5.41) is 2.09. The number of thioether (sulfide) groups is 1. The zero-order valence-corrected chi connectivity index (χ0v) is 14.0. The number of nitrogens with zero attached hydrogens (tertiary/aromatic N) is 3. The van der Waals surface area contributed by atoms with Crippen LogP contribution < -0.4 is 0 Å².